The average molecular weight is 674 g/mol. The Labute approximate surface area is 264 Å². The maximum Gasteiger partial charge on any atom is 0.485 e. The molecule has 4 rings (SSSR count). The predicted molar refractivity (Wildman–Crippen MR) is 156 cm³/mol. The Balaban J connectivity index is 0.000000637. The van der Waals surface area contributed by atoms with Crippen LogP contribution in [0.25, 0.3) is 6.08 Å². The molecule has 2 fully saturated rings. The van der Waals surface area contributed by atoms with Crippen molar-refractivity contribution in [1.82, 2.24) is 10.2 Å². The molecule has 3 heterocycles. The number of pyridine rings is 1. The lowest BCUT2D eigenvalue weighted by Crippen LogP contribution is -2.45. The first kappa shape index (κ1) is 37.1. The van der Waals surface area contributed by atoms with Gasteiger partial charge in [-0.05, 0) is 49.5 Å². The molecule has 1 aromatic carbocycles. The van der Waals surface area contributed by atoms with Crippen LogP contribution in [-0.2, 0) is 19.6 Å². The van der Waals surface area contributed by atoms with E-state index in [0.717, 1.165) is 56.3 Å². The zero-order valence-corrected chi connectivity index (χ0v) is 25.6. The van der Waals surface area contributed by atoms with Crippen LogP contribution in [-0.4, -0.2) is 95.1 Å². The summed E-state index contributed by atoms with van der Waals surface area (Å²) in [4.78, 5) is 26.8. The van der Waals surface area contributed by atoms with Gasteiger partial charge in [0.1, 0.15) is 12.2 Å². The van der Waals surface area contributed by atoms with Crippen LogP contribution in [0.4, 0.5) is 13.2 Å². The first-order valence-corrected chi connectivity index (χ1v) is 16.1. The van der Waals surface area contributed by atoms with Gasteiger partial charge < -0.3 is 34.8 Å². The van der Waals surface area contributed by atoms with Gasteiger partial charge in [-0.1, -0.05) is 31.0 Å². The highest BCUT2D eigenvalue weighted by Crippen LogP contribution is 2.26. The fourth-order valence-corrected chi connectivity index (χ4v) is 5.08. The number of carbonyl (C=O) groups is 2. The van der Waals surface area contributed by atoms with Crippen molar-refractivity contribution in [2.75, 3.05) is 26.2 Å². The predicted octanol–water partition coefficient (Wildman–Crippen LogP) is 1.49. The van der Waals surface area contributed by atoms with Gasteiger partial charge in [-0.25, -0.2) is 8.42 Å². The number of carbonyl (C=O) groups excluding carboxylic acids is 2. The van der Waals surface area contributed by atoms with Crippen molar-refractivity contribution in [3.63, 3.8) is 0 Å². The maximum atomic E-state index is 12.6. The van der Waals surface area contributed by atoms with Crippen molar-refractivity contribution < 1.29 is 60.4 Å². The van der Waals surface area contributed by atoms with Crippen LogP contribution in [0.15, 0.2) is 60.9 Å². The Kier molecular flexibility index (Phi) is 13.6. The second-order valence-electron chi connectivity index (χ2n) is 10.9. The largest absolute Gasteiger partial charge is 0.741 e. The van der Waals surface area contributed by atoms with Crippen LogP contribution in [0.1, 0.15) is 54.3 Å². The molecule has 0 aliphatic carbocycles. The van der Waals surface area contributed by atoms with E-state index in [9.17, 15) is 38.1 Å². The standard InChI is InChI=1S/C29H37N3O6.CHF3O3S/c33-20-24-26(35)27(36)29(38-24)32-16-6-8-22(19-32)11-12-25(34)30-15-5-4-7-21-13-17-31(18-14-21)28(37)23-9-2-1-3-10-23;2-1(3,4)8(5,6)7/h1-3,6,8-12,16,19,21,24,26-27,29,33,35-36H,4-5,7,13-15,17-18,20H2;(H,5,6,7)/b12-11+;/t24-,26-,27-,29-;/m1./s1. The quantitative estimate of drug-likeness (QED) is 0.0956. The van der Waals surface area contributed by atoms with Gasteiger partial charge >= 0.3 is 5.51 Å². The summed E-state index contributed by atoms with van der Waals surface area (Å²) in [6.07, 6.45) is 7.64. The highest BCUT2D eigenvalue weighted by Gasteiger charge is 2.47. The van der Waals surface area contributed by atoms with Gasteiger partial charge in [0.25, 0.3) is 12.1 Å². The molecular formula is C30H38F3N3O9S. The van der Waals surface area contributed by atoms with E-state index in [2.05, 4.69) is 5.32 Å². The van der Waals surface area contributed by atoms with Crippen molar-refractivity contribution in [2.45, 2.75) is 62.2 Å². The van der Waals surface area contributed by atoms with Crippen molar-refractivity contribution in [3.05, 3.63) is 72.1 Å². The molecule has 2 aliphatic rings. The van der Waals surface area contributed by atoms with E-state index in [-0.39, 0.29) is 18.4 Å². The van der Waals surface area contributed by atoms with Crippen LogP contribution in [0.5, 0.6) is 0 Å². The van der Waals surface area contributed by atoms with E-state index in [1.807, 2.05) is 41.3 Å². The summed E-state index contributed by atoms with van der Waals surface area (Å²) in [7, 11) is -6.09. The number of aliphatic hydroxyl groups is 3. The number of aromatic nitrogens is 1. The molecule has 0 radical (unpaired) electrons. The third-order valence-corrected chi connectivity index (χ3v) is 8.19. The Bertz CT molecular complexity index is 1420. The minimum absolute atomic E-state index is 0.115. The van der Waals surface area contributed by atoms with E-state index in [1.54, 1.807) is 29.1 Å². The summed E-state index contributed by atoms with van der Waals surface area (Å²) >= 11 is 0. The number of hydrogen-bond acceptors (Lipinski definition) is 9. The zero-order valence-electron chi connectivity index (χ0n) is 24.8. The second kappa shape index (κ2) is 16.9. The molecule has 254 valence electrons. The van der Waals surface area contributed by atoms with Gasteiger partial charge in [-0.15, -0.1) is 0 Å². The summed E-state index contributed by atoms with van der Waals surface area (Å²) in [6, 6.07) is 13.0. The molecule has 0 unspecified atom stereocenters. The van der Waals surface area contributed by atoms with E-state index in [1.165, 1.54) is 6.08 Å². The molecule has 12 nitrogen and oxygen atoms in total. The number of unbranched alkanes of at least 4 members (excludes halogenated alkanes) is 1. The molecule has 0 spiro atoms. The van der Waals surface area contributed by atoms with Gasteiger partial charge in [0, 0.05) is 42.9 Å². The maximum absolute atomic E-state index is 12.6. The van der Waals surface area contributed by atoms with Gasteiger partial charge in [0.15, 0.2) is 28.6 Å². The number of likely N-dealkylation sites (tertiary alicyclic amines) is 1. The summed E-state index contributed by atoms with van der Waals surface area (Å²) in [5, 5.41) is 32.4. The number of nitrogens with zero attached hydrogens (tertiary/aromatic N) is 2. The number of amides is 2. The Morgan fingerprint density at radius 3 is 2.30 bits per heavy atom. The molecule has 16 heteroatoms. The minimum atomic E-state index is -6.09. The summed E-state index contributed by atoms with van der Waals surface area (Å²) < 4.78 is 66.1. The monoisotopic (exact) mass is 673 g/mol. The number of rotatable bonds is 10. The number of halogens is 3. The molecule has 2 amide bonds. The smallest absolute Gasteiger partial charge is 0.485 e. The van der Waals surface area contributed by atoms with E-state index in [0.29, 0.717) is 12.5 Å². The first-order valence-electron chi connectivity index (χ1n) is 14.7. The van der Waals surface area contributed by atoms with Gasteiger partial charge in [0.2, 0.25) is 5.91 Å². The molecular weight excluding hydrogens is 635 g/mol. The Hall–Kier alpha value is -3.41. The fraction of sp³-hybridized carbons (Fsp3) is 0.500. The summed E-state index contributed by atoms with van der Waals surface area (Å²) in [5.74, 6) is 0.552. The van der Waals surface area contributed by atoms with E-state index >= 15 is 0 Å². The summed E-state index contributed by atoms with van der Waals surface area (Å²) in [6.45, 7) is 1.82. The SMILES string of the molecule is O=C(/C=C/c1ccc[n+]([C@@H]2O[C@H](CO)[C@@H](O)[C@H]2O)c1)NCCCCC1CCN(C(=O)c2ccccc2)CC1.O=S(=O)([O-])C(F)(F)F. The number of hydrogen-bond donors (Lipinski definition) is 4. The number of benzene rings is 1. The second-order valence-corrected chi connectivity index (χ2v) is 12.3. The van der Waals surface area contributed by atoms with Gasteiger partial charge in [0.05, 0.1) is 6.61 Å². The third-order valence-electron chi connectivity index (χ3n) is 7.63. The van der Waals surface area contributed by atoms with E-state index in [4.69, 9.17) is 17.7 Å². The highest BCUT2D eigenvalue weighted by molar-refractivity contribution is 7.86. The fourth-order valence-electron chi connectivity index (χ4n) is 5.08. The third kappa shape index (κ3) is 10.8. The van der Waals surface area contributed by atoms with Crippen LogP contribution in [0.3, 0.4) is 0 Å². The topological polar surface area (TPSA) is 180 Å². The number of alkyl halides is 3. The molecule has 4 atom stereocenters. The average Bonchev–Trinajstić information content (AvgIpc) is 3.32. The van der Waals surface area contributed by atoms with E-state index < -0.39 is 40.2 Å². The van der Waals surface area contributed by atoms with Crippen molar-refractivity contribution in [1.29, 1.82) is 0 Å². The lowest BCUT2D eigenvalue weighted by atomic mass is 9.91. The number of nitrogens with one attached hydrogen (secondary N) is 1. The Morgan fingerprint density at radius 2 is 1.72 bits per heavy atom. The van der Waals surface area contributed by atoms with Crippen LogP contribution < -0.4 is 9.88 Å². The number of piperidine rings is 1. The van der Waals surface area contributed by atoms with Crippen molar-refractivity contribution in [3.8, 4) is 0 Å². The number of ether oxygens (including phenoxy) is 1. The minimum Gasteiger partial charge on any atom is -0.741 e. The van der Waals surface area contributed by atoms with Gasteiger partial charge in [-0.2, -0.15) is 17.7 Å². The molecule has 46 heavy (non-hydrogen) atoms. The molecule has 1 aromatic heterocycles. The van der Waals surface area contributed by atoms with Crippen molar-refractivity contribution >= 4 is 28.0 Å². The molecule has 2 saturated heterocycles. The van der Waals surface area contributed by atoms with Crippen LogP contribution in [0, 0.1) is 5.92 Å². The van der Waals surface area contributed by atoms with Crippen LogP contribution in [0.2, 0.25) is 0 Å². The first-order chi connectivity index (χ1) is 21.7. The highest BCUT2D eigenvalue weighted by atomic mass is 32.2. The molecule has 2 aliphatic heterocycles. The molecule has 2 aromatic rings. The molecule has 0 bridgehead atoms. The van der Waals surface area contributed by atoms with Crippen LogP contribution >= 0.6 is 0 Å². The molecule has 4 N–H and O–H groups in total. The molecule has 0 saturated carbocycles. The summed E-state index contributed by atoms with van der Waals surface area (Å²) in [5.41, 5.74) is -4.16. The van der Waals surface area contributed by atoms with Gasteiger partial charge in [-0.3, -0.25) is 9.59 Å². The normalized spacial score (nSPS) is 22.4. The lowest BCUT2D eigenvalue weighted by molar-refractivity contribution is -0.765. The zero-order chi connectivity index (χ0) is 33.9. The van der Waals surface area contributed by atoms with Crippen molar-refractivity contribution in [2.24, 2.45) is 5.92 Å². The lowest BCUT2D eigenvalue weighted by Gasteiger charge is -2.32. The Morgan fingerprint density at radius 1 is 1.07 bits per heavy atom. The number of aliphatic hydroxyl groups excluding tert-OH is 3.